The molecule has 114 valence electrons. The van der Waals surface area contributed by atoms with E-state index < -0.39 is 5.82 Å². The molecule has 0 fully saturated rings. The predicted molar refractivity (Wildman–Crippen MR) is 84.6 cm³/mol. The number of aromatic amines is 1. The van der Waals surface area contributed by atoms with Gasteiger partial charge in [0.25, 0.3) is 5.56 Å². The Kier molecular flexibility index (Phi) is 3.16. The van der Waals surface area contributed by atoms with Crippen molar-refractivity contribution in [3.05, 3.63) is 74.8 Å². The largest absolute Gasteiger partial charge is 0.438 e. The maximum absolute atomic E-state index is 13.9. The maximum Gasteiger partial charge on any atom is 0.258 e. The van der Waals surface area contributed by atoms with Gasteiger partial charge in [0, 0.05) is 17.0 Å². The molecule has 6 heteroatoms. The average molecular weight is 329 g/mol. The lowest BCUT2D eigenvalue weighted by Crippen LogP contribution is -2.20. The van der Waals surface area contributed by atoms with Gasteiger partial charge in [-0.25, -0.2) is 4.39 Å². The number of H-pyrrole nitrogens is 1. The summed E-state index contributed by atoms with van der Waals surface area (Å²) in [4.78, 5) is 19.2. The van der Waals surface area contributed by atoms with E-state index in [9.17, 15) is 9.18 Å². The van der Waals surface area contributed by atoms with Crippen molar-refractivity contribution in [1.82, 2.24) is 9.97 Å². The monoisotopic (exact) mass is 328 g/mol. The molecule has 0 unspecified atom stereocenters. The van der Waals surface area contributed by atoms with Crippen molar-refractivity contribution in [2.24, 2.45) is 0 Å². The van der Waals surface area contributed by atoms with Crippen LogP contribution in [0.15, 0.2) is 47.3 Å². The molecule has 2 heterocycles. The van der Waals surface area contributed by atoms with Crippen LogP contribution in [0.4, 0.5) is 4.39 Å². The first kappa shape index (κ1) is 14.0. The Morgan fingerprint density at radius 3 is 2.87 bits per heavy atom. The highest BCUT2D eigenvalue weighted by Crippen LogP contribution is 2.35. The Hall–Kier alpha value is -2.66. The van der Waals surface area contributed by atoms with Crippen molar-refractivity contribution < 1.29 is 9.13 Å². The molecule has 0 aliphatic carbocycles. The second-order valence-corrected chi connectivity index (χ2v) is 5.65. The third-order valence-electron chi connectivity index (χ3n) is 3.70. The fourth-order valence-corrected chi connectivity index (χ4v) is 2.77. The molecule has 1 aliphatic heterocycles. The van der Waals surface area contributed by atoms with Gasteiger partial charge in [0.15, 0.2) is 0 Å². The van der Waals surface area contributed by atoms with Gasteiger partial charge in [0.2, 0.25) is 5.88 Å². The number of nitrogens with zero attached hydrogens (tertiary/aromatic N) is 1. The minimum atomic E-state index is -0.460. The van der Waals surface area contributed by atoms with E-state index in [1.807, 2.05) is 0 Å². The molecule has 0 saturated heterocycles. The zero-order chi connectivity index (χ0) is 16.0. The minimum Gasteiger partial charge on any atom is -0.438 e. The maximum atomic E-state index is 13.9. The molecule has 23 heavy (non-hydrogen) atoms. The standard InChI is InChI=1S/C17H10ClFN2O2/c18-10-5-6-14-9(7-10)8-12-16(22)20-15(21-17(12)23-14)11-3-1-2-4-13(11)19/h1-7H,8H2,(H,20,21,22). The van der Waals surface area contributed by atoms with Crippen molar-refractivity contribution in [3.63, 3.8) is 0 Å². The van der Waals surface area contributed by atoms with Crippen LogP contribution in [0.3, 0.4) is 0 Å². The van der Waals surface area contributed by atoms with Gasteiger partial charge in [-0.3, -0.25) is 4.79 Å². The van der Waals surface area contributed by atoms with Gasteiger partial charge in [-0.2, -0.15) is 4.98 Å². The number of ether oxygens (including phenoxy) is 1. The summed E-state index contributed by atoms with van der Waals surface area (Å²) in [7, 11) is 0. The average Bonchev–Trinajstić information content (AvgIpc) is 2.54. The van der Waals surface area contributed by atoms with E-state index in [-0.39, 0.29) is 22.8 Å². The van der Waals surface area contributed by atoms with Crippen LogP contribution in [0.25, 0.3) is 11.4 Å². The summed E-state index contributed by atoms with van der Waals surface area (Å²) >= 11 is 5.97. The summed E-state index contributed by atoms with van der Waals surface area (Å²) in [5.74, 6) is 0.476. The third kappa shape index (κ3) is 2.39. The molecule has 2 aromatic carbocycles. The number of hydrogen-bond donors (Lipinski definition) is 1. The summed E-state index contributed by atoms with van der Waals surface area (Å²) < 4.78 is 19.6. The smallest absolute Gasteiger partial charge is 0.258 e. The molecule has 0 atom stereocenters. The molecular formula is C17H10ClFN2O2. The van der Waals surface area contributed by atoms with Gasteiger partial charge >= 0.3 is 0 Å². The summed E-state index contributed by atoms with van der Waals surface area (Å²) in [6.45, 7) is 0. The number of halogens is 2. The number of fused-ring (bicyclic) bond motifs is 2. The second-order valence-electron chi connectivity index (χ2n) is 5.21. The first-order chi connectivity index (χ1) is 11.1. The number of nitrogens with one attached hydrogen (secondary N) is 1. The van der Waals surface area contributed by atoms with Crippen molar-refractivity contribution in [1.29, 1.82) is 0 Å². The van der Waals surface area contributed by atoms with E-state index in [0.29, 0.717) is 22.8 Å². The van der Waals surface area contributed by atoms with Gasteiger partial charge in [-0.1, -0.05) is 23.7 Å². The molecule has 1 aromatic heterocycles. The summed E-state index contributed by atoms with van der Waals surface area (Å²) in [6.07, 6.45) is 0.366. The van der Waals surface area contributed by atoms with Gasteiger partial charge in [-0.15, -0.1) is 0 Å². The Morgan fingerprint density at radius 2 is 2.04 bits per heavy atom. The molecule has 3 aromatic rings. The van der Waals surface area contributed by atoms with E-state index in [2.05, 4.69) is 9.97 Å². The lowest BCUT2D eigenvalue weighted by molar-refractivity contribution is 0.438. The molecule has 0 radical (unpaired) electrons. The topological polar surface area (TPSA) is 55.0 Å². The lowest BCUT2D eigenvalue weighted by Gasteiger charge is -2.19. The van der Waals surface area contributed by atoms with Crippen LogP contribution >= 0.6 is 11.6 Å². The molecule has 4 nitrogen and oxygen atoms in total. The van der Waals surface area contributed by atoms with Crippen LogP contribution in [-0.2, 0) is 6.42 Å². The van der Waals surface area contributed by atoms with Crippen LogP contribution in [0, 0.1) is 5.82 Å². The normalized spacial score (nSPS) is 12.3. The SMILES string of the molecule is O=c1[nH]c(-c2ccccc2F)nc2c1Cc1cc(Cl)ccc1O2. The van der Waals surface area contributed by atoms with E-state index >= 15 is 0 Å². The highest BCUT2D eigenvalue weighted by molar-refractivity contribution is 6.30. The van der Waals surface area contributed by atoms with Crippen molar-refractivity contribution in [2.75, 3.05) is 0 Å². The molecule has 0 bridgehead atoms. The molecule has 0 amide bonds. The van der Waals surface area contributed by atoms with Gasteiger partial charge < -0.3 is 9.72 Å². The van der Waals surface area contributed by atoms with Crippen molar-refractivity contribution in [2.45, 2.75) is 6.42 Å². The molecular weight excluding hydrogens is 319 g/mol. The first-order valence-corrected chi connectivity index (χ1v) is 7.34. The van der Waals surface area contributed by atoms with Crippen molar-refractivity contribution >= 4 is 11.6 Å². The Bertz CT molecular complexity index is 985. The summed E-state index contributed by atoms with van der Waals surface area (Å²) in [6, 6.07) is 11.3. The van der Waals surface area contributed by atoms with Gasteiger partial charge in [0.1, 0.15) is 17.4 Å². The lowest BCUT2D eigenvalue weighted by atomic mass is 10.0. The van der Waals surface area contributed by atoms with Crippen LogP contribution in [-0.4, -0.2) is 9.97 Å². The minimum absolute atomic E-state index is 0.143. The Labute approximate surface area is 135 Å². The molecule has 0 spiro atoms. The van der Waals surface area contributed by atoms with Crippen LogP contribution < -0.4 is 10.3 Å². The number of rotatable bonds is 1. The van der Waals surface area contributed by atoms with Crippen LogP contribution in [0.2, 0.25) is 5.02 Å². The van der Waals surface area contributed by atoms with Crippen molar-refractivity contribution in [3.8, 4) is 23.0 Å². The molecule has 0 saturated carbocycles. The molecule has 1 aliphatic rings. The van der Waals surface area contributed by atoms with E-state index in [4.69, 9.17) is 16.3 Å². The molecule has 4 rings (SSSR count). The zero-order valence-electron chi connectivity index (χ0n) is 11.8. The summed E-state index contributed by atoms with van der Waals surface area (Å²) in [5, 5.41) is 0.572. The second kappa shape index (κ2) is 5.21. The first-order valence-electron chi connectivity index (χ1n) is 6.96. The van der Waals surface area contributed by atoms with Gasteiger partial charge in [0.05, 0.1) is 11.1 Å². The molecule has 1 N–H and O–H groups in total. The third-order valence-corrected chi connectivity index (χ3v) is 3.94. The fourth-order valence-electron chi connectivity index (χ4n) is 2.58. The van der Waals surface area contributed by atoms with Crippen LogP contribution in [0.5, 0.6) is 11.6 Å². The quantitative estimate of drug-likeness (QED) is 0.576. The van der Waals surface area contributed by atoms with Gasteiger partial charge in [-0.05, 0) is 30.3 Å². The van der Waals surface area contributed by atoms with E-state index in [1.54, 1.807) is 36.4 Å². The number of aromatic nitrogens is 2. The Morgan fingerprint density at radius 1 is 1.22 bits per heavy atom. The Balaban J connectivity index is 1.85. The predicted octanol–water partition coefficient (Wildman–Crippen LogP) is 3.93. The van der Waals surface area contributed by atoms with E-state index in [0.717, 1.165) is 5.56 Å². The zero-order valence-corrected chi connectivity index (χ0v) is 12.5. The van der Waals surface area contributed by atoms with E-state index in [1.165, 1.54) is 6.07 Å². The summed E-state index contributed by atoms with van der Waals surface area (Å²) in [5.41, 5.74) is 1.09. The number of benzene rings is 2. The fraction of sp³-hybridized carbons (Fsp3) is 0.0588. The number of hydrogen-bond acceptors (Lipinski definition) is 3. The highest BCUT2D eigenvalue weighted by atomic mass is 35.5. The van der Waals surface area contributed by atoms with Crippen LogP contribution in [0.1, 0.15) is 11.1 Å². The highest BCUT2D eigenvalue weighted by Gasteiger charge is 2.23.